The third-order valence-electron chi connectivity index (χ3n) is 2.92. The van der Waals surface area contributed by atoms with Crippen molar-refractivity contribution in [1.82, 2.24) is 4.98 Å². The molecule has 100 valence electrons. The van der Waals surface area contributed by atoms with Gasteiger partial charge in [-0.1, -0.05) is 23.7 Å². The average molecular weight is 359 g/mol. The van der Waals surface area contributed by atoms with Crippen molar-refractivity contribution in [3.8, 4) is 0 Å². The summed E-state index contributed by atoms with van der Waals surface area (Å²) < 4.78 is 0.994. The Morgan fingerprint density at radius 1 is 1.16 bits per heavy atom. The molecular formula is C15H14BrCl2N. The molecule has 2 rings (SSSR count). The van der Waals surface area contributed by atoms with Crippen molar-refractivity contribution >= 4 is 39.1 Å². The number of nitrogens with zero attached hydrogens (tertiary/aromatic N) is 1. The van der Waals surface area contributed by atoms with Gasteiger partial charge in [0.15, 0.2) is 0 Å². The molecule has 4 heteroatoms. The van der Waals surface area contributed by atoms with Gasteiger partial charge in [0.05, 0.1) is 0 Å². The molecule has 1 aromatic heterocycles. The van der Waals surface area contributed by atoms with E-state index in [0.717, 1.165) is 28.0 Å². The molecule has 0 N–H and O–H groups in total. The van der Waals surface area contributed by atoms with E-state index in [-0.39, 0.29) is 0 Å². The van der Waals surface area contributed by atoms with Crippen LogP contribution in [-0.2, 0) is 12.8 Å². The van der Waals surface area contributed by atoms with Gasteiger partial charge in [0.25, 0.3) is 0 Å². The van der Waals surface area contributed by atoms with Crippen molar-refractivity contribution < 1.29 is 0 Å². The molecule has 2 aromatic rings. The minimum absolute atomic E-state index is 0.369. The Labute approximate surface area is 132 Å². The smallest absolute Gasteiger partial charge is 0.0413 e. The molecule has 0 fully saturated rings. The molecule has 1 heterocycles. The topological polar surface area (TPSA) is 12.9 Å². The molecule has 19 heavy (non-hydrogen) atoms. The monoisotopic (exact) mass is 357 g/mol. The fourth-order valence-electron chi connectivity index (χ4n) is 2.00. The number of hydrogen-bond acceptors (Lipinski definition) is 1. The molecular weight excluding hydrogens is 345 g/mol. The molecule has 0 aliphatic carbocycles. The van der Waals surface area contributed by atoms with Crippen molar-refractivity contribution in [2.45, 2.75) is 12.8 Å². The number of rotatable bonds is 5. The van der Waals surface area contributed by atoms with E-state index < -0.39 is 0 Å². The quantitative estimate of drug-likeness (QED) is 0.674. The molecule has 0 bridgehead atoms. The predicted molar refractivity (Wildman–Crippen MR) is 85.0 cm³/mol. The van der Waals surface area contributed by atoms with Gasteiger partial charge in [0.2, 0.25) is 0 Å². The van der Waals surface area contributed by atoms with Gasteiger partial charge < -0.3 is 0 Å². The van der Waals surface area contributed by atoms with Crippen LogP contribution in [0.15, 0.2) is 47.1 Å². The Morgan fingerprint density at radius 2 is 2.00 bits per heavy atom. The highest BCUT2D eigenvalue weighted by molar-refractivity contribution is 9.10. The first-order chi connectivity index (χ1) is 9.17. The number of pyridine rings is 1. The first kappa shape index (κ1) is 14.8. The molecule has 1 aromatic carbocycles. The maximum atomic E-state index is 6.07. The van der Waals surface area contributed by atoms with Crippen LogP contribution in [0, 0.1) is 5.92 Å². The van der Waals surface area contributed by atoms with Gasteiger partial charge >= 0.3 is 0 Å². The molecule has 0 saturated heterocycles. The van der Waals surface area contributed by atoms with Gasteiger partial charge in [-0.05, 0) is 64.5 Å². The molecule has 0 saturated carbocycles. The van der Waals surface area contributed by atoms with Crippen LogP contribution < -0.4 is 0 Å². The second kappa shape index (κ2) is 7.28. The van der Waals surface area contributed by atoms with Crippen LogP contribution in [0.1, 0.15) is 11.3 Å². The Morgan fingerprint density at radius 3 is 2.63 bits per heavy atom. The summed E-state index contributed by atoms with van der Waals surface area (Å²) in [6.07, 6.45) is 3.62. The number of halogens is 3. The summed E-state index contributed by atoms with van der Waals surface area (Å²) in [5.41, 5.74) is 2.28. The second-order valence-electron chi connectivity index (χ2n) is 4.53. The standard InChI is InChI=1S/C15H14BrCl2N/c16-13-4-5-15(19-10-13)8-12(9-17)6-11-2-1-3-14(18)7-11/h1-5,7,10,12H,6,8-9H2. The molecule has 0 amide bonds. The summed E-state index contributed by atoms with van der Waals surface area (Å²) in [6, 6.07) is 12.0. The van der Waals surface area contributed by atoms with Crippen LogP contribution in [-0.4, -0.2) is 10.9 Å². The molecule has 1 atom stereocenters. The second-order valence-corrected chi connectivity index (χ2v) is 6.19. The Kier molecular flexibility index (Phi) is 5.68. The number of alkyl halides is 1. The number of aromatic nitrogens is 1. The lowest BCUT2D eigenvalue weighted by Gasteiger charge is -2.13. The largest absolute Gasteiger partial charge is 0.260 e. The summed E-state index contributed by atoms with van der Waals surface area (Å²) in [5.74, 6) is 0.985. The molecule has 0 spiro atoms. The van der Waals surface area contributed by atoms with Crippen molar-refractivity contribution in [1.29, 1.82) is 0 Å². The lowest BCUT2D eigenvalue weighted by atomic mass is 9.96. The predicted octanol–water partition coefficient (Wildman–Crippen LogP) is 5.14. The molecule has 1 nitrogen and oxygen atoms in total. The SMILES string of the molecule is ClCC(Cc1cccc(Cl)c1)Cc1ccc(Br)cn1. The molecule has 0 aliphatic heterocycles. The van der Waals surface area contributed by atoms with Crippen molar-refractivity contribution in [3.63, 3.8) is 0 Å². The number of benzene rings is 1. The van der Waals surface area contributed by atoms with Crippen LogP contribution in [0.2, 0.25) is 5.02 Å². The zero-order chi connectivity index (χ0) is 13.7. The summed E-state index contributed by atoms with van der Waals surface area (Å²) in [5, 5.41) is 0.771. The van der Waals surface area contributed by atoms with Crippen molar-refractivity contribution in [3.05, 3.63) is 63.3 Å². The minimum atomic E-state index is 0.369. The van der Waals surface area contributed by atoms with Crippen LogP contribution in [0.4, 0.5) is 0 Å². The lowest BCUT2D eigenvalue weighted by Crippen LogP contribution is -2.11. The first-order valence-electron chi connectivity index (χ1n) is 6.08. The highest BCUT2D eigenvalue weighted by atomic mass is 79.9. The fourth-order valence-corrected chi connectivity index (χ4v) is 2.67. The maximum absolute atomic E-state index is 6.07. The lowest BCUT2D eigenvalue weighted by molar-refractivity contribution is 0.575. The Hall–Kier alpha value is -0.570. The Bertz CT molecular complexity index is 528. The minimum Gasteiger partial charge on any atom is -0.260 e. The molecule has 0 radical (unpaired) electrons. The van der Waals surface area contributed by atoms with E-state index in [1.165, 1.54) is 5.56 Å². The maximum Gasteiger partial charge on any atom is 0.0413 e. The Balaban J connectivity index is 2.02. The van der Waals surface area contributed by atoms with Gasteiger partial charge in [-0.15, -0.1) is 11.6 Å². The van der Waals surface area contributed by atoms with E-state index in [4.69, 9.17) is 23.2 Å². The van der Waals surface area contributed by atoms with E-state index >= 15 is 0 Å². The van der Waals surface area contributed by atoms with E-state index in [1.807, 2.05) is 36.5 Å². The summed E-state index contributed by atoms with van der Waals surface area (Å²) in [4.78, 5) is 4.39. The zero-order valence-corrected chi connectivity index (χ0v) is 13.4. The summed E-state index contributed by atoms with van der Waals surface area (Å²) in [7, 11) is 0. The van der Waals surface area contributed by atoms with E-state index in [1.54, 1.807) is 0 Å². The van der Waals surface area contributed by atoms with E-state index in [2.05, 4.69) is 27.0 Å². The average Bonchev–Trinajstić information content (AvgIpc) is 2.40. The van der Waals surface area contributed by atoms with E-state index in [0.29, 0.717) is 11.8 Å². The van der Waals surface area contributed by atoms with Gasteiger partial charge in [-0.2, -0.15) is 0 Å². The highest BCUT2D eigenvalue weighted by Crippen LogP contribution is 2.19. The summed E-state index contributed by atoms with van der Waals surface area (Å²) >= 11 is 15.5. The van der Waals surface area contributed by atoms with Crippen molar-refractivity contribution in [2.75, 3.05) is 5.88 Å². The normalized spacial score (nSPS) is 12.4. The molecule has 0 aliphatic rings. The third kappa shape index (κ3) is 4.79. The van der Waals surface area contributed by atoms with E-state index in [9.17, 15) is 0 Å². The first-order valence-corrected chi connectivity index (χ1v) is 7.79. The zero-order valence-electron chi connectivity index (χ0n) is 10.3. The van der Waals surface area contributed by atoms with Crippen LogP contribution in [0.5, 0.6) is 0 Å². The van der Waals surface area contributed by atoms with Gasteiger partial charge in [-0.3, -0.25) is 4.98 Å². The van der Waals surface area contributed by atoms with Crippen LogP contribution >= 0.6 is 39.1 Å². The highest BCUT2D eigenvalue weighted by Gasteiger charge is 2.11. The van der Waals surface area contributed by atoms with Gasteiger partial charge in [-0.25, -0.2) is 0 Å². The summed E-state index contributed by atoms with van der Waals surface area (Å²) in [6.45, 7) is 0. The number of hydrogen-bond donors (Lipinski definition) is 0. The fraction of sp³-hybridized carbons (Fsp3) is 0.267. The van der Waals surface area contributed by atoms with Crippen LogP contribution in [0.3, 0.4) is 0 Å². The third-order valence-corrected chi connectivity index (χ3v) is 4.06. The van der Waals surface area contributed by atoms with Crippen molar-refractivity contribution in [2.24, 2.45) is 5.92 Å². The molecule has 1 unspecified atom stereocenters. The van der Waals surface area contributed by atoms with Gasteiger partial charge in [0.1, 0.15) is 0 Å². The van der Waals surface area contributed by atoms with Crippen LogP contribution in [0.25, 0.3) is 0 Å². The van der Waals surface area contributed by atoms with Gasteiger partial charge in [0, 0.05) is 27.3 Å².